The molecule has 0 saturated carbocycles. The SMILES string of the molecule is CC1CC(C(=O)O)CCN1C(=O)CC(N)CC(C)(C)C. The van der Waals surface area contributed by atoms with Crippen molar-refractivity contribution in [3.05, 3.63) is 0 Å². The lowest BCUT2D eigenvalue weighted by Gasteiger charge is -2.37. The zero-order valence-electron chi connectivity index (χ0n) is 13.1. The molecule has 0 aromatic carbocycles. The average Bonchev–Trinajstić information content (AvgIpc) is 2.25. The van der Waals surface area contributed by atoms with Crippen molar-refractivity contribution in [1.29, 1.82) is 0 Å². The van der Waals surface area contributed by atoms with E-state index >= 15 is 0 Å². The van der Waals surface area contributed by atoms with Crippen LogP contribution in [-0.4, -0.2) is 40.5 Å². The number of carboxylic acids is 1. The molecule has 0 aliphatic carbocycles. The first-order valence-electron chi connectivity index (χ1n) is 7.38. The van der Waals surface area contributed by atoms with Crippen molar-refractivity contribution >= 4 is 11.9 Å². The minimum Gasteiger partial charge on any atom is -0.481 e. The minimum absolute atomic E-state index is 0.0146. The number of carbonyl (C=O) groups excluding carboxylic acids is 1. The molecule has 1 aliphatic rings. The van der Waals surface area contributed by atoms with E-state index in [0.29, 0.717) is 25.8 Å². The van der Waals surface area contributed by atoms with E-state index in [1.165, 1.54) is 0 Å². The average molecular weight is 284 g/mol. The van der Waals surface area contributed by atoms with Crippen LogP contribution in [0, 0.1) is 11.3 Å². The fourth-order valence-electron chi connectivity index (χ4n) is 2.97. The number of piperidine rings is 1. The second-order valence-electron chi connectivity index (χ2n) is 7.22. The summed E-state index contributed by atoms with van der Waals surface area (Å²) in [6.07, 6.45) is 2.23. The van der Waals surface area contributed by atoms with Crippen LogP contribution in [0.1, 0.15) is 53.4 Å². The Morgan fingerprint density at radius 1 is 1.40 bits per heavy atom. The van der Waals surface area contributed by atoms with Gasteiger partial charge >= 0.3 is 5.97 Å². The number of hydrogen-bond acceptors (Lipinski definition) is 3. The van der Waals surface area contributed by atoms with E-state index in [2.05, 4.69) is 20.8 Å². The molecule has 1 aliphatic heterocycles. The van der Waals surface area contributed by atoms with Gasteiger partial charge in [-0.15, -0.1) is 0 Å². The molecule has 1 saturated heterocycles. The highest BCUT2D eigenvalue weighted by atomic mass is 16.4. The van der Waals surface area contributed by atoms with Gasteiger partial charge in [-0.1, -0.05) is 20.8 Å². The third-order valence-electron chi connectivity index (χ3n) is 3.86. The van der Waals surface area contributed by atoms with Crippen LogP contribution in [0.2, 0.25) is 0 Å². The summed E-state index contributed by atoms with van der Waals surface area (Å²) in [6.45, 7) is 8.77. The summed E-state index contributed by atoms with van der Waals surface area (Å²) in [4.78, 5) is 25.1. The Balaban J connectivity index is 2.50. The number of rotatable bonds is 4. The van der Waals surface area contributed by atoms with E-state index in [1.54, 1.807) is 4.90 Å². The topological polar surface area (TPSA) is 83.6 Å². The van der Waals surface area contributed by atoms with E-state index in [4.69, 9.17) is 10.8 Å². The molecule has 3 N–H and O–H groups in total. The molecule has 0 aromatic rings. The fraction of sp³-hybridized carbons (Fsp3) is 0.867. The van der Waals surface area contributed by atoms with Gasteiger partial charge in [-0.05, 0) is 31.6 Å². The van der Waals surface area contributed by atoms with Crippen molar-refractivity contribution < 1.29 is 14.7 Å². The number of amides is 1. The Hall–Kier alpha value is -1.10. The van der Waals surface area contributed by atoms with Gasteiger partial charge in [0, 0.05) is 25.0 Å². The second-order valence-corrected chi connectivity index (χ2v) is 7.22. The zero-order valence-corrected chi connectivity index (χ0v) is 13.1. The molecule has 1 rings (SSSR count). The van der Waals surface area contributed by atoms with Gasteiger partial charge < -0.3 is 15.7 Å². The third-order valence-corrected chi connectivity index (χ3v) is 3.86. The van der Waals surface area contributed by atoms with Gasteiger partial charge in [0.2, 0.25) is 5.91 Å². The van der Waals surface area contributed by atoms with E-state index in [1.807, 2.05) is 6.92 Å². The second kappa shape index (κ2) is 6.57. The number of nitrogens with zero attached hydrogens (tertiary/aromatic N) is 1. The Kier molecular flexibility index (Phi) is 5.57. The first kappa shape index (κ1) is 17.0. The normalized spacial score (nSPS) is 25.4. The van der Waals surface area contributed by atoms with E-state index in [-0.39, 0.29) is 29.3 Å². The standard InChI is InChI=1S/C15H28N2O3/c1-10-7-11(14(19)20)5-6-17(10)13(18)8-12(16)9-15(2,3)4/h10-12H,5-9,16H2,1-4H3,(H,19,20). The van der Waals surface area contributed by atoms with E-state index in [0.717, 1.165) is 6.42 Å². The maximum Gasteiger partial charge on any atom is 0.306 e. The molecule has 5 nitrogen and oxygen atoms in total. The van der Waals surface area contributed by atoms with Crippen molar-refractivity contribution in [2.45, 2.75) is 65.5 Å². The number of aliphatic carboxylic acids is 1. The van der Waals surface area contributed by atoms with Crippen LogP contribution in [0.3, 0.4) is 0 Å². The molecular formula is C15H28N2O3. The van der Waals surface area contributed by atoms with Crippen molar-refractivity contribution in [1.82, 2.24) is 4.90 Å². The van der Waals surface area contributed by atoms with Gasteiger partial charge in [0.1, 0.15) is 0 Å². The summed E-state index contributed by atoms with van der Waals surface area (Å²) in [5.41, 5.74) is 6.16. The van der Waals surface area contributed by atoms with Gasteiger partial charge in [-0.2, -0.15) is 0 Å². The first-order valence-corrected chi connectivity index (χ1v) is 7.38. The molecular weight excluding hydrogens is 256 g/mol. The molecule has 0 bridgehead atoms. The molecule has 116 valence electrons. The van der Waals surface area contributed by atoms with Gasteiger partial charge in [0.25, 0.3) is 0 Å². The number of carbonyl (C=O) groups is 2. The summed E-state index contributed by atoms with van der Waals surface area (Å²) in [6, 6.07) is -0.147. The molecule has 3 unspecified atom stereocenters. The summed E-state index contributed by atoms with van der Waals surface area (Å²) in [5.74, 6) is -1.02. The van der Waals surface area contributed by atoms with Crippen LogP contribution < -0.4 is 5.73 Å². The smallest absolute Gasteiger partial charge is 0.306 e. The monoisotopic (exact) mass is 284 g/mol. The largest absolute Gasteiger partial charge is 0.481 e. The first-order chi connectivity index (χ1) is 9.10. The lowest BCUT2D eigenvalue weighted by Crippen LogP contribution is -2.47. The van der Waals surface area contributed by atoms with Crippen LogP contribution in [-0.2, 0) is 9.59 Å². The van der Waals surface area contributed by atoms with E-state index in [9.17, 15) is 9.59 Å². The molecule has 3 atom stereocenters. The van der Waals surface area contributed by atoms with Crippen molar-refractivity contribution in [3.8, 4) is 0 Å². The molecule has 1 fully saturated rings. The van der Waals surface area contributed by atoms with Crippen molar-refractivity contribution in [3.63, 3.8) is 0 Å². The van der Waals surface area contributed by atoms with Crippen molar-refractivity contribution in [2.75, 3.05) is 6.54 Å². The Morgan fingerprint density at radius 2 is 2.00 bits per heavy atom. The molecule has 5 heteroatoms. The third kappa shape index (κ3) is 5.12. The molecule has 0 spiro atoms. The lowest BCUT2D eigenvalue weighted by molar-refractivity contribution is -0.147. The van der Waals surface area contributed by atoms with Gasteiger partial charge in [0.15, 0.2) is 0 Å². The zero-order chi connectivity index (χ0) is 15.5. The van der Waals surface area contributed by atoms with Gasteiger partial charge in [-0.3, -0.25) is 9.59 Å². The van der Waals surface area contributed by atoms with Crippen LogP contribution in [0.15, 0.2) is 0 Å². The Bertz CT molecular complexity index is 363. The minimum atomic E-state index is -0.756. The highest BCUT2D eigenvalue weighted by molar-refractivity contribution is 5.78. The molecule has 0 radical (unpaired) electrons. The summed E-state index contributed by atoms with van der Waals surface area (Å²) < 4.78 is 0. The Labute approximate surface area is 121 Å². The lowest BCUT2D eigenvalue weighted by atomic mass is 9.86. The van der Waals surface area contributed by atoms with Crippen molar-refractivity contribution in [2.24, 2.45) is 17.1 Å². The Morgan fingerprint density at radius 3 is 2.45 bits per heavy atom. The van der Waals surface area contributed by atoms with E-state index < -0.39 is 5.97 Å². The quantitative estimate of drug-likeness (QED) is 0.825. The summed E-state index contributed by atoms with van der Waals surface area (Å²) >= 11 is 0. The number of hydrogen-bond donors (Lipinski definition) is 2. The highest BCUT2D eigenvalue weighted by Crippen LogP contribution is 2.25. The number of likely N-dealkylation sites (tertiary alicyclic amines) is 1. The maximum atomic E-state index is 12.3. The van der Waals surface area contributed by atoms with Crippen LogP contribution in [0.25, 0.3) is 0 Å². The highest BCUT2D eigenvalue weighted by Gasteiger charge is 2.32. The number of carboxylic acid groups (broad SMARTS) is 1. The summed E-state index contributed by atoms with van der Waals surface area (Å²) in [5, 5.41) is 9.03. The summed E-state index contributed by atoms with van der Waals surface area (Å²) in [7, 11) is 0. The van der Waals surface area contributed by atoms with Crippen LogP contribution >= 0.6 is 0 Å². The number of nitrogens with two attached hydrogens (primary N) is 1. The van der Waals surface area contributed by atoms with Crippen LogP contribution in [0.5, 0.6) is 0 Å². The predicted molar refractivity (Wildman–Crippen MR) is 78.2 cm³/mol. The molecule has 20 heavy (non-hydrogen) atoms. The fourth-order valence-corrected chi connectivity index (χ4v) is 2.97. The van der Waals surface area contributed by atoms with Gasteiger partial charge in [0.05, 0.1) is 5.92 Å². The van der Waals surface area contributed by atoms with Crippen LogP contribution in [0.4, 0.5) is 0 Å². The maximum absolute atomic E-state index is 12.3. The molecule has 1 amide bonds. The van der Waals surface area contributed by atoms with Gasteiger partial charge in [-0.25, -0.2) is 0 Å². The molecule has 0 aromatic heterocycles. The predicted octanol–water partition coefficient (Wildman–Crippen LogP) is 1.85. The molecule has 1 heterocycles.